The van der Waals surface area contributed by atoms with E-state index >= 15 is 0 Å². The number of amides is 1. The molecule has 0 unspecified atom stereocenters. The molecule has 8 heteroatoms. The van der Waals surface area contributed by atoms with Crippen molar-refractivity contribution < 1.29 is 23.5 Å². The smallest absolute Gasteiger partial charge is 0.267 e. The van der Waals surface area contributed by atoms with Crippen molar-refractivity contribution in [1.82, 2.24) is 9.55 Å². The third-order valence-corrected chi connectivity index (χ3v) is 6.23. The maximum atomic E-state index is 13.1. The molecule has 0 aliphatic carbocycles. The molecule has 5 aromatic rings. The maximum absolute atomic E-state index is 13.1. The molecular weight excluding hydrogens is 446 g/mol. The number of carbonyl (C=O) groups is 2. The van der Waals surface area contributed by atoms with E-state index in [1.165, 1.54) is 6.26 Å². The number of methoxy groups -OCH3 is 1. The Hall–Kier alpha value is -4.59. The zero-order valence-corrected chi connectivity index (χ0v) is 18.9. The topological polar surface area (TPSA) is 86.8 Å². The summed E-state index contributed by atoms with van der Waals surface area (Å²) in [5, 5.41) is 0.624. The minimum atomic E-state index is -0.180. The molecule has 1 amide bonds. The summed E-state index contributed by atoms with van der Waals surface area (Å²) in [5.41, 5.74) is 3.38. The van der Waals surface area contributed by atoms with Crippen LogP contribution in [0.15, 0.2) is 77.4 Å². The van der Waals surface area contributed by atoms with Crippen molar-refractivity contribution >= 4 is 39.6 Å². The van der Waals surface area contributed by atoms with Crippen LogP contribution in [0.25, 0.3) is 22.0 Å². The molecule has 0 saturated carbocycles. The lowest BCUT2D eigenvalue weighted by atomic mass is 10.0. The molecule has 2 aromatic heterocycles. The SMILES string of the molecule is COc1ccc(C(=O)c2coc3ccc(OCC(=O)N4CCn5c4nc4ccccc45)cc23)cc1. The first-order valence-electron chi connectivity index (χ1n) is 11.2. The minimum absolute atomic E-state index is 0.145. The van der Waals surface area contributed by atoms with Crippen molar-refractivity contribution in [1.29, 1.82) is 0 Å². The summed E-state index contributed by atoms with van der Waals surface area (Å²) < 4.78 is 18.6. The molecule has 1 aliphatic rings. The first-order chi connectivity index (χ1) is 17.1. The van der Waals surface area contributed by atoms with E-state index in [1.807, 2.05) is 28.8 Å². The highest BCUT2D eigenvalue weighted by atomic mass is 16.5. The van der Waals surface area contributed by atoms with Crippen LogP contribution in [-0.4, -0.2) is 41.5 Å². The summed E-state index contributed by atoms with van der Waals surface area (Å²) in [5.74, 6) is 1.44. The van der Waals surface area contributed by atoms with Gasteiger partial charge < -0.3 is 18.5 Å². The van der Waals surface area contributed by atoms with Crippen molar-refractivity contribution in [2.75, 3.05) is 25.2 Å². The Morgan fingerprint density at radius 2 is 1.80 bits per heavy atom. The van der Waals surface area contributed by atoms with Crippen LogP contribution in [0, 0.1) is 0 Å². The number of para-hydroxylation sites is 2. The van der Waals surface area contributed by atoms with E-state index in [0.717, 1.165) is 11.0 Å². The molecule has 0 spiro atoms. The molecule has 174 valence electrons. The van der Waals surface area contributed by atoms with Crippen LogP contribution in [0.3, 0.4) is 0 Å². The van der Waals surface area contributed by atoms with E-state index in [-0.39, 0.29) is 18.3 Å². The van der Waals surface area contributed by atoms with E-state index in [1.54, 1.807) is 54.5 Å². The molecule has 0 saturated heterocycles. The number of hydrogen-bond donors (Lipinski definition) is 0. The first kappa shape index (κ1) is 21.0. The van der Waals surface area contributed by atoms with Gasteiger partial charge in [0.2, 0.25) is 5.95 Å². The number of ether oxygens (including phenoxy) is 2. The molecule has 0 N–H and O–H groups in total. The van der Waals surface area contributed by atoms with E-state index in [0.29, 0.717) is 52.6 Å². The van der Waals surface area contributed by atoms with Gasteiger partial charge in [-0.25, -0.2) is 4.98 Å². The molecular formula is C27H21N3O5. The largest absolute Gasteiger partial charge is 0.497 e. The Labute approximate surface area is 200 Å². The van der Waals surface area contributed by atoms with Crippen molar-refractivity contribution in [3.8, 4) is 11.5 Å². The molecule has 3 heterocycles. The number of ketones is 1. The van der Waals surface area contributed by atoms with Gasteiger partial charge in [0.1, 0.15) is 23.3 Å². The summed E-state index contributed by atoms with van der Waals surface area (Å²) in [6.45, 7) is 1.10. The van der Waals surface area contributed by atoms with Crippen LogP contribution in [-0.2, 0) is 11.3 Å². The van der Waals surface area contributed by atoms with E-state index in [4.69, 9.17) is 13.9 Å². The van der Waals surface area contributed by atoms with Gasteiger partial charge in [0, 0.05) is 24.0 Å². The van der Waals surface area contributed by atoms with Crippen molar-refractivity contribution in [3.05, 3.63) is 84.1 Å². The number of aromatic nitrogens is 2. The number of anilines is 1. The minimum Gasteiger partial charge on any atom is -0.497 e. The van der Waals surface area contributed by atoms with E-state index < -0.39 is 0 Å². The fourth-order valence-electron chi connectivity index (χ4n) is 4.42. The monoisotopic (exact) mass is 467 g/mol. The number of imidazole rings is 1. The Bertz CT molecular complexity index is 1580. The zero-order valence-electron chi connectivity index (χ0n) is 18.9. The van der Waals surface area contributed by atoms with Gasteiger partial charge in [0.25, 0.3) is 5.91 Å². The predicted octanol–water partition coefficient (Wildman–Crippen LogP) is 4.45. The van der Waals surface area contributed by atoms with Crippen LogP contribution in [0.2, 0.25) is 0 Å². The van der Waals surface area contributed by atoms with Gasteiger partial charge in [-0.15, -0.1) is 0 Å². The molecule has 6 rings (SSSR count). The molecule has 35 heavy (non-hydrogen) atoms. The summed E-state index contributed by atoms with van der Waals surface area (Å²) in [6.07, 6.45) is 1.45. The Kier molecular flexibility index (Phi) is 4.99. The van der Waals surface area contributed by atoms with Gasteiger partial charge in [-0.3, -0.25) is 14.5 Å². The van der Waals surface area contributed by atoms with E-state index in [2.05, 4.69) is 4.98 Å². The number of carbonyl (C=O) groups excluding carboxylic acids is 2. The highest BCUT2D eigenvalue weighted by Crippen LogP contribution is 2.29. The van der Waals surface area contributed by atoms with Crippen LogP contribution >= 0.6 is 0 Å². The molecule has 0 bridgehead atoms. The second-order valence-electron chi connectivity index (χ2n) is 8.25. The third kappa shape index (κ3) is 3.59. The van der Waals surface area contributed by atoms with Gasteiger partial charge in [-0.1, -0.05) is 12.1 Å². The highest BCUT2D eigenvalue weighted by molar-refractivity contribution is 6.16. The van der Waals surface area contributed by atoms with E-state index in [9.17, 15) is 9.59 Å². The van der Waals surface area contributed by atoms with Crippen molar-refractivity contribution in [2.24, 2.45) is 0 Å². The van der Waals surface area contributed by atoms with Gasteiger partial charge in [-0.05, 0) is 54.6 Å². The Balaban J connectivity index is 1.20. The second-order valence-corrected chi connectivity index (χ2v) is 8.25. The fourth-order valence-corrected chi connectivity index (χ4v) is 4.42. The summed E-state index contributed by atoms with van der Waals surface area (Å²) >= 11 is 0. The van der Waals surface area contributed by atoms with Gasteiger partial charge in [-0.2, -0.15) is 0 Å². The standard InChI is InChI=1S/C27H21N3O5/c1-33-18-8-6-17(7-9-18)26(32)21-15-35-24-11-10-19(14-20(21)24)34-16-25(31)30-13-12-29-23-5-3-2-4-22(23)28-27(29)30/h2-11,14-15H,12-13,16H2,1H3. The lowest BCUT2D eigenvalue weighted by molar-refractivity contribution is -0.120. The lowest BCUT2D eigenvalue weighted by Gasteiger charge is -2.14. The number of nitrogens with zero attached hydrogens (tertiary/aromatic N) is 3. The highest BCUT2D eigenvalue weighted by Gasteiger charge is 2.28. The lowest BCUT2D eigenvalue weighted by Crippen LogP contribution is -2.33. The molecule has 1 aliphatic heterocycles. The molecule has 0 atom stereocenters. The van der Waals surface area contributed by atoms with Crippen molar-refractivity contribution in [3.63, 3.8) is 0 Å². The van der Waals surface area contributed by atoms with Crippen LogP contribution in [0.5, 0.6) is 11.5 Å². The molecule has 0 radical (unpaired) electrons. The van der Waals surface area contributed by atoms with Crippen LogP contribution in [0.4, 0.5) is 5.95 Å². The fraction of sp³-hybridized carbons (Fsp3) is 0.148. The average molecular weight is 467 g/mol. The number of furan rings is 1. The third-order valence-electron chi connectivity index (χ3n) is 6.23. The Morgan fingerprint density at radius 1 is 1.00 bits per heavy atom. The number of benzene rings is 3. The summed E-state index contributed by atoms with van der Waals surface area (Å²) in [7, 11) is 1.58. The van der Waals surface area contributed by atoms with Gasteiger partial charge >= 0.3 is 0 Å². The summed E-state index contributed by atoms with van der Waals surface area (Å²) in [4.78, 5) is 32.3. The maximum Gasteiger partial charge on any atom is 0.267 e. The van der Waals surface area contributed by atoms with Crippen molar-refractivity contribution in [2.45, 2.75) is 6.54 Å². The molecule has 3 aromatic carbocycles. The number of rotatable bonds is 6. The first-order valence-corrected chi connectivity index (χ1v) is 11.2. The quantitative estimate of drug-likeness (QED) is 0.343. The van der Waals surface area contributed by atoms with Crippen LogP contribution < -0.4 is 14.4 Å². The molecule has 8 nitrogen and oxygen atoms in total. The van der Waals surface area contributed by atoms with Gasteiger partial charge in [0.15, 0.2) is 12.4 Å². The second kappa shape index (κ2) is 8.32. The predicted molar refractivity (Wildman–Crippen MR) is 130 cm³/mol. The Morgan fingerprint density at radius 3 is 2.63 bits per heavy atom. The summed E-state index contributed by atoms with van der Waals surface area (Å²) in [6, 6.07) is 19.9. The molecule has 0 fully saturated rings. The number of hydrogen-bond acceptors (Lipinski definition) is 6. The normalized spacial score (nSPS) is 12.8. The number of fused-ring (bicyclic) bond motifs is 4. The average Bonchev–Trinajstić information content (AvgIpc) is 3.60. The zero-order chi connectivity index (χ0) is 23.9. The van der Waals surface area contributed by atoms with Crippen LogP contribution in [0.1, 0.15) is 15.9 Å². The van der Waals surface area contributed by atoms with Gasteiger partial charge in [0.05, 0.1) is 23.7 Å².